The molecule has 1 heterocycles. The van der Waals surface area contributed by atoms with E-state index in [1.54, 1.807) is 6.07 Å². The van der Waals surface area contributed by atoms with Crippen molar-refractivity contribution in [2.24, 2.45) is 0 Å². The van der Waals surface area contributed by atoms with E-state index < -0.39 is 11.7 Å². The van der Waals surface area contributed by atoms with Crippen molar-refractivity contribution in [3.05, 3.63) is 29.8 Å². The number of halogens is 3. The Labute approximate surface area is 129 Å². The topological polar surface area (TPSA) is 27.3 Å². The van der Waals surface area contributed by atoms with Gasteiger partial charge in [0.05, 0.1) is 5.56 Å². The van der Waals surface area contributed by atoms with E-state index in [1.807, 2.05) is 0 Å². The van der Waals surface area contributed by atoms with Crippen molar-refractivity contribution in [2.75, 3.05) is 25.0 Å². The fourth-order valence-corrected chi connectivity index (χ4v) is 2.62. The maximum Gasteiger partial charge on any atom is 0.416 e. The van der Waals surface area contributed by atoms with Crippen LogP contribution in [-0.2, 0) is 6.18 Å². The molecule has 0 bridgehead atoms. The van der Waals surface area contributed by atoms with Crippen LogP contribution in [0.5, 0.6) is 0 Å². The van der Waals surface area contributed by atoms with Gasteiger partial charge in [0.1, 0.15) is 0 Å². The number of hydrazine groups is 1. The lowest BCUT2D eigenvalue weighted by molar-refractivity contribution is -0.137. The molecule has 0 aromatic heterocycles. The molecule has 6 heteroatoms. The number of anilines is 1. The third-order valence-electron chi connectivity index (χ3n) is 3.92. The van der Waals surface area contributed by atoms with Crippen LogP contribution < -0.4 is 10.7 Å². The molecule has 0 unspecified atom stereocenters. The van der Waals surface area contributed by atoms with E-state index in [0.717, 1.165) is 45.0 Å². The monoisotopic (exact) mass is 315 g/mol. The summed E-state index contributed by atoms with van der Waals surface area (Å²) in [6.45, 7) is 4.98. The van der Waals surface area contributed by atoms with Crippen molar-refractivity contribution in [1.29, 1.82) is 0 Å². The zero-order chi connectivity index (χ0) is 16.0. The molecule has 0 saturated carbocycles. The first-order valence-electron chi connectivity index (χ1n) is 7.91. The molecule has 1 aromatic rings. The van der Waals surface area contributed by atoms with Crippen molar-refractivity contribution >= 4 is 5.69 Å². The Kier molecular flexibility index (Phi) is 6.08. The van der Waals surface area contributed by atoms with Gasteiger partial charge in [-0.3, -0.25) is 5.43 Å². The van der Waals surface area contributed by atoms with Crippen molar-refractivity contribution in [3.8, 4) is 0 Å². The molecule has 1 aromatic carbocycles. The summed E-state index contributed by atoms with van der Waals surface area (Å²) in [6, 6.07) is 5.66. The summed E-state index contributed by atoms with van der Waals surface area (Å²) >= 11 is 0. The zero-order valence-electron chi connectivity index (χ0n) is 12.9. The highest BCUT2D eigenvalue weighted by atomic mass is 19.4. The second kappa shape index (κ2) is 7.83. The van der Waals surface area contributed by atoms with Gasteiger partial charge in [-0.15, -0.1) is 0 Å². The van der Waals surface area contributed by atoms with E-state index in [-0.39, 0.29) is 6.04 Å². The standard InChI is InChI=1S/C16H24F3N3/c1-2-3-9-20-22-10-7-14(8-11-22)21-15-6-4-5-13(12-15)16(17,18)19/h4-6,12,14,20-21H,2-3,7-11H2,1H3. The normalized spacial score (nSPS) is 17.6. The van der Waals surface area contributed by atoms with Gasteiger partial charge in [-0.25, -0.2) is 5.01 Å². The molecule has 124 valence electrons. The van der Waals surface area contributed by atoms with Crippen LogP contribution >= 0.6 is 0 Å². The molecule has 1 saturated heterocycles. The molecule has 2 N–H and O–H groups in total. The molecule has 0 spiro atoms. The highest BCUT2D eigenvalue weighted by molar-refractivity contribution is 5.47. The van der Waals surface area contributed by atoms with Crippen LogP contribution in [0.25, 0.3) is 0 Å². The lowest BCUT2D eigenvalue weighted by atomic mass is 10.1. The first kappa shape index (κ1) is 17.1. The second-order valence-corrected chi connectivity index (χ2v) is 5.75. The van der Waals surface area contributed by atoms with Crippen LogP contribution in [0.2, 0.25) is 0 Å². The molecule has 1 aliphatic heterocycles. The van der Waals surface area contributed by atoms with E-state index >= 15 is 0 Å². The molecule has 0 atom stereocenters. The molecule has 0 aliphatic carbocycles. The summed E-state index contributed by atoms with van der Waals surface area (Å²) in [5, 5.41) is 5.44. The maximum atomic E-state index is 12.7. The van der Waals surface area contributed by atoms with Gasteiger partial charge < -0.3 is 5.32 Å². The first-order valence-corrected chi connectivity index (χ1v) is 7.91. The van der Waals surface area contributed by atoms with Crippen LogP contribution in [0.1, 0.15) is 38.2 Å². The third kappa shape index (κ3) is 5.18. The van der Waals surface area contributed by atoms with Gasteiger partial charge in [0, 0.05) is 31.4 Å². The van der Waals surface area contributed by atoms with E-state index in [1.165, 1.54) is 18.6 Å². The van der Waals surface area contributed by atoms with Gasteiger partial charge in [-0.1, -0.05) is 19.4 Å². The number of benzene rings is 1. The second-order valence-electron chi connectivity index (χ2n) is 5.75. The molecule has 0 amide bonds. The average molecular weight is 315 g/mol. The SMILES string of the molecule is CCCCNN1CCC(Nc2cccc(C(F)(F)F)c2)CC1. The number of hydrogen-bond acceptors (Lipinski definition) is 3. The van der Waals surface area contributed by atoms with E-state index in [9.17, 15) is 13.2 Å². The minimum absolute atomic E-state index is 0.229. The van der Waals surface area contributed by atoms with Crippen LogP contribution in [0, 0.1) is 0 Å². The summed E-state index contributed by atoms with van der Waals surface area (Å²) in [4.78, 5) is 0. The Morgan fingerprint density at radius 2 is 1.95 bits per heavy atom. The highest BCUT2D eigenvalue weighted by Crippen LogP contribution is 2.31. The van der Waals surface area contributed by atoms with Crippen molar-refractivity contribution in [2.45, 2.75) is 44.8 Å². The predicted molar refractivity (Wildman–Crippen MR) is 82.6 cm³/mol. The van der Waals surface area contributed by atoms with Gasteiger partial charge in [0.15, 0.2) is 0 Å². The Balaban J connectivity index is 1.81. The number of rotatable bonds is 6. The summed E-state index contributed by atoms with van der Waals surface area (Å²) in [5.41, 5.74) is 3.34. The maximum absolute atomic E-state index is 12.7. The lowest BCUT2D eigenvalue weighted by Gasteiger charge is -2.33. The van der Waals surface area contributed by atoms with Gasteiger partial charge >= 0.3 is 6.18 Å². The van der Waals surface area contributed by atoms with E-state index in [2.05, 4.69) is 22.7 Å². The first-order chi connectivity index (χ1) is 10.5. The van der Waals surface area contributed by atoms with Gasteiger partial charge in [0.2, 0.25) is 0 Å². The number of hydrogen-bond donors (Lipinski definition) is 2. The molecule has 1 aliphatic rings. The zero-order valence-corrected chi connectivity index (χ0v) is 12.9. The quantitative estimate of drug-likeness (QED) is 0.780. The Morgan fingerprint density at radius 1 is 1.23 bits per heavy atom. The Bertz CT molecular complexity index is 454. The molecule has 22 heavy (non-hydrogen) atoms. The van der Waals surface area contributed by atoms with Crippen LogP contribution in [-0.4, -0.2) is 30.7 Å². The average Bonchev–Trinajstić information content (AvgIpc) is 2.49. The Hall–Kier alpha value is -1.27. The lowest BCUT2D eigenvalue weighted by Crippen LogP contribution is -2.46. The molecule has 0 radical (unpaired) electrons. The van der Waals surface area contributed by atoms with Crippen molar-refractivity contribution < 1.29 is 13.2 Å². The molecular formula is C16H24F3N3. The van der Waals surface area contributed by atoms with Gasteiger partial charge in [0.25, 0.3) is 0 Å². The summed E-state index contributed by atoms with van der Waals surface area (Å²) < 4.78 is 38.1. The Morgan fingerprint density at radius 3 is 2.59 bits per heavy atom. The van der Waals surface area contributed by atoms with Crippen LogP contribution in [0.3, 0.4) is 0 Å². The summed E-state index contributed by atoms with van der Waals surface area (Å²) in [6.07, 6.45) is -0.113. The minimum atomic E-state index is -4.29. The summed E-state index contributed by atoms with van der Waals surface area (Å²) in [7, 11) is 0. The largest absolute Gasteiger partial charge is 0.416 e. The highest BCUT2D eigenvalue weighted by Gasteiger charge is 2.30. The van der Waals surface area contributed by atoms with Crippen molar-refractivity contribution in [1.82, 2.24) is 10.4 Å². The molecule has 2 rings (SSSR count). The molecular weight excluding hydrogens is 291 g/mol. The predicted octanol–water partition coefficient (Wildman–Crippen LogP) is 3.89. The number of alkyl halides is 3. The molecule has 3 nitrogen and oxygen atoms in total. The fraction of sp³-hybridized carbons (Fsp3) is 0.625. The smallest absolute Gasteiger partial charge is 0.382 e. The van der Waals surface area contributed by atoms with E-state index in [4.69, 9.17) is 0 Å². The number of unbranched alkanes of at least 4 members (excludes halogenated alkanes) is 1. The summed E-state index contributed by atoms with van der Waals surface area (Å²) in [5.74, 6) is 0. The number of piperidine rings is 1. The van der Waals surface area contributed by atoms with Crippen molar-refractivity contribution in [3.63, 3.8) is 0 Å². The van der Waals surface area contributed by atoms with Crippen LogP contribution in [0.15, 0.2) is 24.3 Å². The number of nitrogens with zero attached hydrogens (tertiary/aromatic N) is 1. The van der Waals surface area contributed by atoms with Gasteiger partial charge in [-0.05, 0) is 37.5 Å². The van der Waals surface area contributed by atoms with Gasteiger partial charge in [-0.2, -0.15) is 13.2 Å². The number of nitrogens with one attached hydrogen (secondary N) is 2. The van der Waals surface area contributed by atoms with Crippen LogP contribution in [0.4, 0.5) is 18.9 Å². The fourth-order valence-electron chi connectivity index (χ4n) is 2.62. The third-order valence-corrected chi connectivity index (χ3v) is 3.92. The molecule has 1 fully saturated rings. The minimum Gasteiger partial charge on any atom is -0.382 e. The van der Waals surface area contributed by atoms with E-state index in [0.29, 0.717) is 5.69 Å².